The van der Waals surface area contributed by atoms with Gasteiger partial charge in [-0.25, -0.2) is 4.98 Å². The van der Waals surface area contributed by atoms with Gasteiger partial charge in [-0.1, -0.05) is 42.2 Å². The molecule has 0 radical (unpaired) electrons. The second-order valence-electron chi connectivity index (χ2n) is 4.00. The Morgan fingerprint density at radius 3 is 2.85 bits per heavy atom. The third-order valence-electron chi connectivity index (χ3n) is 2.55. The molecule has 3 N–H and O–H groups in total. The van der Waals surface area contributed by atoms with Crippen LogP contribution in [0.25, 0.3) is 11.3 Å². The van der Waals surface area contributed by atoms with Crippen LogP contribution in [-0.4, -0.2) is 24.0 Å². The highest BCUT2D eigenvalue weighted by molar-refractivity contribution is 7.10. The van der Waals surface area contributed by atoms with E-state index in [1.165, 1.54) is 0 Å². The summed E-state index contributed by atoms with van der Waals surface area (Å²) in [4.78, 5) is 15.4. The lowest BCUT2D eigenvalue weighted by molar-refractivity contribution is -0.119. The molecule has 0 atom stereocenters. The average Bonchev–Trinajstić information content (AvgIpc) is 2.96. The fourth-order valence-corrected chi connectivity index (χ4v) is 2.29. The van der Waals surface area contributed by atoms with Crippen molar-refractivity contribution in [2.24, 2.45) is 5.73 Å². The molecule has 0 bridgehead atoms. The average molecular weight is 285 g/mol. The molecule has 0 aliphatic rings. The van der Waals surface area contributed by atoms with E-state index in [-0.39, 0.29) is 12.5 Å². The summed E-state index contributed by atoms with van der Waals surface area (Å²) in [5.41, 5.74) is 7.25. The minimum Gasteiger partial charge on any atom is -0.344 e. The number of amides is 1. The molecule has 1 amide bonds. The van der Waals surface area contributed by atoms with Gasteiger partial charge in [0.05, 0.1) is 25.2 Å². The highest BCUT2D eigenvalue weighted by atomic mass is 32.1. The van der Waals surface area contributed by atoms with Crippen molar-refractivity contribution < 1.29 is 4.79 Å². The third-order valence-corrected chi connectivity index (χ3v) is 3.39. The molecular formula is C15H15N3OS. The Morgan fingerprint density at radius 1 is 1.30 bits per heavy atom. The van der Waals surface area contributed by atoms with E-state index in [4.69, 9.17) is 5.73 Å². The first kappa shape index (κ1) is 14.3. The number of hydrogen-bond acceptors (Lipinski definition) is 4. The smallest absolute Gasteiger partial charge is 0.234 e. The zero-order valence-corrected chi connectivity index (χ0v) is 11.7. The normalized spacial score (nSPS) is 9.65. The molecule has 1 aromatic carbocycles. The molecule has 0 aliphatic heterocycles. The van der Waals surface area contributed by atoms with Gasteiger partial charge in [-0.15, -0.1) is 11.3 Å². The summed E-state index contributed by atoms with van der Waals surface area (Å²) in [5.74, 6) is 5.67. The van der Waals surface area contributed by atoms with Crippen LogP contribution in [0, 0.1) is 11.8 Å². The summed E-state index contributed by atoms with van der Waals surface area (Å²) >= 11 is 1.59. The number of nitrogens with one attached hydrogen (secondary N) is 1. The number of aromatic nitrogens is 1. The summed E-state index contributed by atoms with van der Waals surface area (Å²) in [5, 5.41) is 5.60. The van der Waals surface area contributed by atoms with Gasteiger partial charge in [-0.05, 0) is 0 Å². The number of nitrogens with two attached hydrogens (primary N) is 1. The second-order valence-corrected chi connectivity index (χ2v) is 4.95. The van der Waals surface area contributed by atoms with Crippen LogP contribution in [-0.2, 0) is 11.2 Å². The Kier molecular flexibility index (Phi) is 5.30. The lowest BCUT2D eigenvalue weighted by atomic mass is 10.2. The topological polar surface area (TPSA) is 68.0 Å². The van der Waals surface area contributed by atoms with Gasteiger partial charge >= 0.3 is 0 Å². The van der Waals surface area contributed by atoms with Gasteiger partial charge in [0.25, 0.3) is 0 Å². The molecule has 0 unspecified atom stereocenters. The van der Waals surface area contributed by atoms with Crippen molar-refractivity contribution in [3.8, 4) is 23.1 Å². The first-order chi connectivity index (χ1) is 9.79. The minimum atomic E-state index is -0.195. The molecule has 1 heterocycles. The van der Waals surface area contributed by atoms with Crippen molar-refractivity contribution in [1.29, 1.82) is 0 Å². The van der Waals surface area contributed by atoms with Crippen LogP contribution in [0.5, 0.6) is 0 Å². The van der Waals surface area contributed by atoms with E-state index in [1.54, 1.807) is 11.3 Å². The van der Waals surface area contributed by atoms with Crippen LogP contribution in [0.1, 0.15) is 5.01 Å². The molecule has 0 aliphatic carbocycles. The fourth-order valence-electron chi connectivity index (χ4n) is 1.55. The quantitative estimate of drug-likeness (QED) is 0.835. The highest BCUT2D eigenvalue weighted by Gasteiger charge is 2.02. The van der Waals surface area contributed by atoms with E-state index in [1.807, 2.05) is 35.7 Å². The fraction of sp³-hybridized carbons (Fsp3) is 0.200. The van der Waals surface area contributed by atoms with E-state index in [9.17, 15) is 4.79 Å². The third kappa shape index (κ3) is 4.19. The van der Waals surface area contributed by atoms with Gasteiger partial charge in [0.1, 0.15) is 5.01 Å². The molecule has 4 nitrogen and oxygen atoms in total. The van der Waals surface area contributed by atoms with Crippen LogP contribution in [0.4, 0.5) is 0 Å². The Morgan fingerprint density at radius 2 is 2.10 bits per heavy atom. The molecule has 102 valence electrons. The van der Waals surface area contributed by atoms with E-state index < -0.39 is 0 Å². The lowest BCUT2D eigenvalue weighted by Gasteiger charge is -1.95. The standard InChI is InChI=1S/C15H15N3OS/c16-10-14(19)17-9-5-4-8-15-18-13(11-20-15)12-6-2-1-3-7-12/h1-3,6-7,11H,8-10,16H2,(H,17,19). The Hall–Kier alpha value is -2.16. The molecule has 0 spiro atoms. The van der Waals surface area contributed by atoms with Crippen LogP contribution < -0.4 is 11.1 Å². The Balaban J connectivity index is 1.88. The maximum Gasteiger partial charge on any atom is 0.234 e. The minimum absolute atomic E-state index is 0.00536. The molecule has 0 saturated heterocycles. The van der Waals surface area contributed by atoms with Crippen molar-refractivity contribution in [2.45, 2.75) is 6.42 Å². The van der Waals surface area contributed by atoms with Gasteiger partial charge in [-0.3, -0.25) is 4.79 Å². The molecule has 5 heteroatoms. The highest BCUT2D eigenvalue weighted by Crippen LogP contribution is 2.21. The maximum absolute atomic E-state index is 10.9. The van der Waals surface area contributed by atoms with E-state index in [2.05, 4.69) is 22.1 Å². The van der Waals surface area contributed by atoms with Gasteiger partial charge < -0.3 is 11.1 Å². The zero-order valence-electron chi connectivity index (χ0n) is 10.9. The van der Waals surface area contributed by atoms with Crippen molar-refractivity contribution in [3.05, 3.63) is 40.7 Å². The summed E-state index contributed by atoms with van der Waals surface area (Å²) in [6.45, 7) is 0.321. The van der Waals surface area contributed by atoms with E-state index in [0.717, 1.165) is 16.3 Å². The number of rotatable bonds is 4. The summed E-state index contributed by atoms with van der Waals surface area (Å²) in [6, 6.07) is 10.0. The van der Waals surface area contributed by atoms with E-state index in [0.29, 0.717) is 13.0 Å². The van der Waals surface area contributed by atoms with Crippen LogP contribution in [0.2, 0.25) is 0 Å². The number of thiazole rings is 1. The van der Waals surface area contributed by atoms with Crippen molar-refractivity contribution in [1.82, 2.24) is 10.3 Å². The van der Waals surface area contributed by atoms with Crippen LogP contribution in [0.3, 0.4) is 0 Å². The SMILES string of the molecule is NCC(=O)NCC#CCc1nc(-c2ccccc2)cs1. The number of nitrogens with zero attached hydrogens (tertiary/aromatic N) is 1. The number of benzene rings is 1. The van der Waals surface area contributed by atoms with Crippen LogP contribution in [0.15, 0.2) is 35.7 Å². The van der Waals surface area contributed by atoms with Gasteiger partial charge in [0, 0.05) is 10.9 Å². The molecule has 2 aromatic rings. The largest absolute Gasteiger partial charge is 0.344 e. The predicted molar refractivity (Wildman–Crippen MR) is 81.1 cm³/mol. The maximum atomic E-state index is 10.9. The summed E-state index contributed by atoms with van der Waals surface area (Å²) in [7, 11) is 0. The number of carbonyl (C=O) groups is 1. The van der Waals surface area contributed by atoms with Crippen molar-refractivity contribution >= 4 is 17.2 Å². The molecular weight excluding hydrogens is 270 g/mol. The van der Waals surface area contributed by atoms with Gasteiger partial charge in [-0.2, -0.15) is 0 Å². The molecule has 20 heavy (non-hydrogen) atoms. The number of carbonyl (C=O) groups excluding carboxylic acids is 1. The number of hydrogen-bond donors (Lipinski definition) is 2. The summed E-state index contributed by atoms with van der Waals surface area (Å²) in [6.07, 6.45) is 0.593. The molecule has 1 aromatic heterocycles. The lowest BCUT2D eigenvalue weighted by Crippen LogP contribution is -2.30. The molecule has 2 rings (SSSR count). The van der Waals surface area contributed by atoms with Crippen molar-refractivity contribution in [3.63, 3.8) is 0 Å². The first-order valence-electron chi connectivity index (χ1n) is 6.22. The zero-order chi connectivity index (χ0) is 14.2. The summed E-state index contributed by atoms with van der Waals surface area (Å²) < 4.78 is 0. The Bertz CT molecular complexity index is 625. The molecule has 0 fully saturated rings. The predicted octanol–water partition coefficient (Wildman–Crippen LogP) is 1.43. The van der Waals surface area contributed by atoms with E-state index >= 15 is 0 Å². The van der Waals surface area contributed by atoms with Gasteiger partial charge in [0.2, 0.25) is 5.91 Å². The second kappa shape index (κ2) is 7.43. The first-order valence-corrected chi connectivity index (χ1v) is 7.10. The monoisotopic (exact) mass is 285 g/mol. The Labute approximate surface area is 122 Å². The van der Waals surface area contributed by atoms with Crippen LogP contribution >= 0.6 is 11.3 Å². The van der Waals surface area contributed by atoms with Crippen molar-refractivity contribution in [2.75, 3.05) is 13.1 Å². The van der Waals surface area contributed by atoms with Gasteiger partial charge in [0.15, 0.2) is 0 Å². The molecule has 0 saturated carbocycles.